The molecule has 2 aromatic rings. The number of ether oxygens (including phenoxy) is 1. The number of carbonyl (C=O) groups excluding carboxylic acids is 2. The van der Waals surface area contributed by atoms with E-state index in [1.54, 1.807) is 24.3 Å². The van der Waals surface area contributed by atoms with Crippen LogP contribution in [0, 0.1) is 0 Å². The van der Waals surface area contributed by atoms with Gasteiger partial charge in [-0.05, 0) is 41.8 Å². The van der Waals surface area contributed by atoms with E-state index in [0.29, 0.717) is 45.5 Å². The van der Waals surface area contributed by atoms with Gasteiger partial charge in [-0.2, -0.15) is 0 Å². The number of hydrogen-bond acceptors (Lipinski definition) is 5. The zero-order valence-electron chi connectivity index (χ0n) is 17.1. The molecule has 1 atom stereocenters. The van der Waals surface area contributed by atoms with Crippen LogP contribution in [0.3, 0.4) is 0 Å². The average molecular weight is 478 g/mol. The molecule has 3 rings (SSSR count). The Bertz CT molecular complexity index is 1070. The van der Waals surface area contributed by atoms with E-state index in [-0.39, 0.29) is 12.3 Å². The van der Waals surface area contributed by atoms with Crippen LogP contribution in [0.4, 0.5) is 16.2 Å². The van der Waals surface area contributed by atoms with Crippen LogP contribution in [0.5, 0.6) is 0 Å². The number of fused-ring (bicyclic) bond motifs is 1. The minimum atomic E-state index is -1.44. The summed E-state index contributed by atoms with van der Waals surface area (Å²) in [5.74, 6) is -0.487. The van der Waals surface area contributed by atoms with Crippen LogP contribution in [-0.2, 0) is 20.7 Å². The maximum Gasteiger partial charge on any atom is 0.507 e. The Morgan fingerprint density at radius 3 is 2.59 bits per heavy atom. The zero-order valence-corrected chi connectivity index (χ0v) is 18.6. The normalized spacial score (nSPS) is 16.0. The van der Waals surface area contributed by atoms with Crippen molar-refractivity contribution in [2.45, 2.75) is 26.0 Å². The van der Waals surface area contributed by atoms with Gasteiger partial charge in [0.05, 0.1) is 5.02 Å². The molecular formula is C22H21Cl2N3O5. The molecule has 2 amide bonds. The largest absolute Gasteiger partial charge is 0.507 e. The molecule has 0 saturated carbocycles. The number of nitrogens with one attached hydrogen (secondary N) is 3. The molecule has 168 valence electrons. The topological polar surface area (TPSA) is 117 Å². The van der Waals surface area contributed by atoms with Gasteiger partial charge in [0.1, 0.15) is 0 Å². The van der Waals surface area contributed by atoms with Gasteiger partial charge in [0.15, 0.2) is 6.23 Å². The second-order valence-electron chi connectivity index (χ2n) is 7.12. The van der Waals surface area contributed by atoms with Gasteiger partial charge in [0.25, 0.3) is 0 Å². The van der Waals surface area contributed by atoms with Gasteiger partial charge < -0.3 is 25.8 Å². The van der Waals surface area contributed by atoms with Crippen molar-refractivity contribution in [3.8, 4) is 0 Å². The minimum absolute atomic E-state index is 0.0835. The number of hydrogen-bond donors (Lipinski definition) is 4. The van der Waals surface area contributed by atoms with Crippen molar-refractivity contribution in [2.75, 3.05) is 17.2 Å². The van der Waals surface area contributed by atoms with E-state index < -0.39 is 18.3 Å². The monoisotopic (exact) mass is 477 g/mol. The quantitative estimate of drug-likeness (QED) is 0.358. The number of amides is 2. The molecule has 4 N–H and O–H groups in total. The predicted octanol–water partition coefficient (Wildman–Crippen LogP) is 4.53. The number of halogens is 2. The molecule has 2 aromatic carbocycles. The molecule has 8 nitrogen and oxygen atoms in total. The van der Waals surface area contributed by atoms with Gasteiger partial charge in [-0.25, -0.2) is 4.79 Å². The lowest BCUT2D eigenvalue weighted by Crippen LogP contribution is -2.30. The molecule has 0 aliphatic carbocycles. The Labute approximate surface area is 194 Å². The molecule has 1 heterocycles. The van der Waals surface area contributed by atoms with E-state index in [0.717, 1.165) is 5.56 Å². The molecule has 1 aliphatic heterocycles. The van der Waals surface area contributed by atoms with E-state index in [4.69, 9.17) is 33.0 Å². The summed E-state index contributed by atoms with van der Waals surface area (Å²) in [6.07, 6.45) is -0.190. The SMILES string of the molecule is CC(=O)NCCc1ccc(NC(=O)/C=C2\CC(OC(=O)O)Nc3cc(Cl)cc(Cl)c32)cc1. The van der Waals surface area contributed by atoms with E-state index in [1.165, 1.54) is 13.0 Å². The molecule has 0 spiro atoms. The lowest BCUT2D eigenvalue weighted by atomic mass is 9.95. The summed E-state index contributed by atoms with van der Waals surface area (Å²) in [6, 6.07) is 10.4. The van der Waals surface area contributed by atoms with Gasteiger partial charge in [0.2, 0.25) is 11.8 Å². The molecular weight excluding hydrogens is 457 g/mol. The van der Waals surface area contributed by atoms with E-state index in [2.05, 4.69) is 16.0 Å². The molecule has 0 bridgehead atoms. The van der Waals surface area contributed by atoms with Crippen molar-refractivity contribution in [2.24, 2.45) is 0 Å². The van der Waals surface area contributed by atoms with Gasteiger partial charge >= 0.3 is 6.16 Å². The summed E-state index contributed by atoms with van der Waals surface area (Å²) < 4.78 is 4.84. The third-order valence-electron chi connectivity index (χ3n) is 4.66. The van der Waals surface area contributed by atoms with Gasteiger partial charge in [-0.15, -0.1) is 0 Å². The summed E-state index contributed by atoms with van der Waals surface area (Å²) in [4.78, 5) is 34.6. The highest BCUT2D eigenvalue weighted by Gasteiger charge is 2.27. The average Bonchev–Trinajstić information content (AvgIpc) is 2.67. The third-order valence-corrected chi connectivity index (χ3v) is 5.17. The van der Waals surface area contributed by atoms with Crippen molar-refractivity contribution in [3.05, 3.63) is 63.6 Å². The first-order chi connectivity index (χ1) is 15.2. The third kappa shape index (κ3) is 6.38. The minimum Gasteiger partial charge on any atom is -0.450 e. The highest BCUT2D eigenvalue weighted by molar-refractivity contribution is 6.36. The number of rotatable bonds is 6. The van der Waals surface area contributed by atoms with E-state index >= 15 is 0 Å². The lowest BCUT2D eigenvalue weighted by Gasteiger charge is -2.28. The molecule has 32 heavy (non-hydrogen) atoms. The van der Waals surface area contributed by atoms with Crippen LogP contribution in [0.25, 0.3) is 5.57 Å². The van der Waals surface area contributed by atoms with Crippen LogP contribution < -0.4 is 16.0 Å². The van der Waals surface area contributed by atoms with Gasteiger partial charge in [0, 0.05) is 47.9 Å². The first-order valence-corrected chi connectivity index (χ1v) is 10.5. The summed E-state index contributed by atoms with van der Waals surface area (Å²) >= 11 is 12.4. The molecule has 0 saturated heterocycles. The van der Waals surface area contributed by atoms with Crippen LogP contribution in [0.2, 0.25) is 10.0 Å². The lowest BCUT2D eigenvalue weighted by molar-refractivity contribution is -0.119. The summed E-state index contributed by atoms with van der Waals surface area (Å²) in [6.45, 7) is 2.00. The Morgan fingerprint density at radius 2 is 1.94 bits per heavy atom. The van der Waals surface area contributed by atoms with Crippen molar-refractivity contribution < 1.29 is 24.2 Å². The fraction of sp³-hybridized carbons (Fsp3) is 0.227. The summed E-state index contributed by atoms with van der Waals surface area (Å²) in [5.41, 5.74) is 3.15. The first kappa shape index (κ1) is 23.4. The molecule has 0 fully saturated rings. The maximum absolute atomic E-state index is 12.6. The number of carbonyl (C=O) groups is 3. The van der Waals surface area contributed by atoms with Crippen LogP contribution in [-0.4, -0.2) is 35.8 Å². The molecule has 10 heteroatoms. The predicted molar refractivity (Wildman–Crippen MR) is 123 cm³/mol. The fourth-order valence-electron chi connectivity index (χ4n) is 3.34. The van der Waals surface area contributed by atoms with E-state index in [1.807, 2.05) is 12.1 Å². The molecule has 1 unspecified atom stereocenters. The number of anilines is 2. The standard InChI is InChI=1S/C22H21Cl2N3O5/c1-12(28)25-7-6-13-2-4-16(5-3-13)26-19(29)8-14-9-20(32-22(30)31)27-18-11-15(23)10-17(24)21(14)18/h2-5,8,10-11,20,27H,6-7,9H2,1H3,(H,25,28)(H,26,29)(H,30,31)/b14-8+. The van der Waals surface area contributed by atoms with Crippen LogP contribution in [0.15, 0.2) is 42.5 Å². The van der Waals surface area contributed by atoms with Crippen molar-refractivity contribution in [1.82, 2.24) is 5.32 Å². The summed E-state index contributed by atoms with van der Waals surface area (Å²) in [7, 11) is 0. The number of benzene rings is 2. The maximum atomic E-state index is 12.6. The van der Waals surface area contributed by atoms with Crippen LogP contribution in [0.1, 0.15) is 24.5 Å². The van der Waals surface area contributed by atoms with Crippen molar-refractivity contribution >= 4 is 58.1 Å². The van der Waals surface area contributed by atoms with E-state index in [9.17, 15) is 14.4 Å². The Hall–Kier alpha value is -3.23. The molecule has 1 aliphatic rings. The van der Waals surface area contributed by atoms with Crippen molar-refractivity contribution in [3.63, 3.8) is 0 Å². The molecule has 0 radical (unpaired) electrons. The molecule has 0 aromatic heterocycles. The second-order valence-corrected chi connectivity index (χ2v) is 7.96. The van der Waals surface area contributed by atoms with Gasteiger partial charge in [-0.1, -0.05) is 35.3 Å². The summed E-state index contributed by atoms with van der Waals surface area (Å²) in [5, 5.41) is 18.1. The van der Waals surface area contributed by atoms with Crippen LogP contribution >= 0.6 is 23.2 Å². The Balaban J connectivity index is 1.75. The highest BCUT2D eigenvalue weighted by Crippen LogP contribution is 2.40. The van der Waals surface area contributed by atoms with Gasteiger partial charge in [-0.3, -0.25) is 9.59 Å². The first-order valence-electron chi connectivity index (χ1n) is 9.71. The fourth-order valence-corrected chi connectivity index (χ4v) is 3.95. The Morgan fingerprint density at radius 1 is 1.22 bits per heavy atom. The smallest absolute Gasteiger partial charge is 0.450 e. The number of carboxylic acid groups (broad SMARTS) is 1. The highest BCUT2D eigenvalue weighted by atomic mass is 35.5. The second kappa shape index (κ2) is 10.4. The Kier molecular flexibility index (Phi) is 7.61. The van der Waals surface area contributed by atoms with Crippen molar-refractivity contribution in [1.29, 1.82) is 0 Å². The zero-order chi connectivity index (χ0) is 23.3.